The van der Waals surface area contributed by atoms with E-state index in [1.165, 1.54) is 36.3 Å². The number of aliphatic hydroxyl groups excluding tert-OH is 1. The normalized spacial score (nSPS) is 16.6. The van der Waals surface area contributed by atoms with Crippen molar-refractivity contribution in [2.45, 2.75) is 19.4 Å². The Balaban J connectivity index is 1.84. The van der Waals surface area contributed by atoms with Gasteiger partial charge in [-0.25, -0.2) is 0 Å². The maximum Gasteiger partial charge on any atom is 0.310 e. The third-order valence-corrected chi connectivity index (χ3v) is 6.28. The fourth-order valence-corrected chi connectivity index (χ4v) is 4.39. The third-order valence-electron chi connectivity index (χ3n) is 5.95. The summed E-state index contributed by atoms with van der Waals surface area (Å²) in [5.41, 5.74) is 1.49. The number of anilines is 1. The van der Waals surface area contributed by atoms with Crippen molar-refractivity contribution in [3.63, 3.8) is 0 Å². The van der Waals surface area contributed by atoms with Gasteiger partial charge in [-0.05, 0) is 60.5 Å². The number of benzene rings is 3. The molecule has 0 radical (unpaired) electrons. The number of aliphatic hydroxyl groups is 1. The molecule has 3 aromatic rings. The van der Waals surface area contributed by atoms with Gasteiger partial charge in [0, 0.05) is 11.3 Å². The zero-order valence-electron chi connectivity index (χ0n) is 20.1. The van der Waals surface area contributed by atoms with Crippen molar-refractivity contribution in [2.24, 2.45) is 0 Å². The zero-order chi connectivity index (χ0) is 26.7. The van der Waals surface area contributed by atoms with E-state index >= 15 is 0 Å². The van der Waals surface area contributed by atoms with Gasteiger partial charge in [-0.1, -0.05) is 35.9 Å². The summed E-state index contributed by atoms with van der Waals surface area (Å²) in [4.78, 5) is 39.7. The first-order valence-corrected chi connectivity index (χ1v) is 11.8. The number of carbonyl (C=O) groups is 3. The Morgan fingerprint density at radius 3 is 2.32 bits per heavy atom. The van der Waals surface area contributed by atoms with E-state index < -0.39 is 23.5 Å². The summed E-state index contributed by atoms with van der Waals surface area (Å²) in [5.74, 6) is -2.18. The number of carbonyl (C=O) groups excluding carboxylic acids is 3. The van der Waals surface area contributed by atoms with Gasteiger partial charge < -0.3 is 19.7 Å². The molecule has 37 heavy (non-hydrogen) atoms. The molecule has 1 atom stereocenters. The molecule has 8 nitrogen and oxygen atoms in total. The van der Waals surface area contributed by atoms with Crippen molar-refractivity contribution < 1.29 is 34.1 Å². The van der Waals surface area contributed by atoms with Gasteiger partial charge in [-0.3, -0.25) is 19.3 Å². The smallest absolute Gasteiger partial charge is 0.310 e. The van der Waals surface area contributed by atoms with Crippen molar-refractivity contribution in [3.8, 4) is 11.5 Å². The van der Waals surface area contributed by atoms with Crippen molar-refractivity contribution in [1.82, 2.24) is 0 Å². The molecule has 0 spiro atoms. The van der Waals surface area contributed by atoms with Crippen LogP contribution in [0.25, 0.3) is 5.76 Å². The monoisotopic (exact) mass is 521 g/mol. The molecule has 1 fully saturated rings. The minimum atomic E-state index is -1.02. The fraction of sp³-hybridized carbons (Fsp3) is 0.179. The van der Waals surface area contributed by atoms with Crippen LogP contribution in [-0.4, -0.2) is 41.6 Å². The minimum Gasteiger partial charge on any atom is -0.508 e. The number of esters is 1. The molecule has 1 aliphatic rings. The first-order chi connectivity index (χ1) is 17.7. The molecule has 0 aliphatic carbocycles. The number of Topliss-reactive ketones (excluding diaryl/α,β-unsaturated/α-hetero) is 1. The van der Waals surface area contributed by atoms with Gasteiger partial charge in [0.25, 0.3) is 11.7 Å². The summed E-state index contributed by atoms with van der Waals surface area (Å²) >= 11 is 6.33. The standard InChI is InChI=1S/C28H24ClNO7/c1-3-37-23(32)14-16-4-8-18(9-5-16)30-25(17-6-10-19(31)11-7-17)24(27(34)28(30)35)26(33)21-15-20(36-2)12-13-22(21)29/h4-13,15,25,31,33H,3,14H2,1-2H3/b26-24+. The van der Waals surface area contributed by atoms with Gasteiger partial charge in [0.2, 0.25) is 0 Å². The molecule has 2 N–H and O–H groups in total. The number of methoxy groups -OCH3 is 1. The Hall–Kier alpha value is -4.30. The SMILES string of the molecule is CCOC(=O)Cc1ccc(N2C(=O)C(=O)/C(=C(/O)c3cc(OC)ccc3Cl)C2c2ccc(O)cc2)cc1. The molecule has 1 saturated heterocycles. The number of amides is 1. The second kappa shape index (κ2) is 10.8. The van der Waals surface area contributed by atoms with E-state index in [2.05, 4.69) is 0 Å². The van der Waals surface area contributed by atoms with Gasteiger partial charge in [-0.2, -0.15) is 0 Å². The number of aromatic hydroxyl groups is 1. The van der Waals surface area contributed by atoms with Gasteiger partial charge in [0.05, 0.1) is 36.8 Å². The number of hydrogen-bond acceptors (Lipinski definition) is 7. The molecule has 1 amide bonds. The minimum absolute atomic E-state index is 0.000130. The Kier molecular flexibility index (Phi) is 7.50. The van der Waals surface area contributed by atoms with Crippen LogP contribution in [0.3, 0.4) is 0 Å². The summed E-state index contributed by atoms with van der Waals surface area (Å²) in [5, 5.41) is 21.3. The maximum atomic E-state index is 13.3. The number of nitrogens with zero attached hydrogens (tertiary/aromatic N) is 1. The summed E-state index contributed by atoms with van der Waals surface area (Å²) in [6.07, 6.45) is 0.0582. The number of phenols is 1. The molecule has 0 bridgehead atoms. The Labute approximate surface area is 218 Å². The first kappa shape index (κ1) is 25.8. The van der Waals surface area contributed by atoms with E-state index in [1.807, 2.05) is 0 Å². The van der Waals surface area contributed by atoms with Crippen LogP contribution < -0.4 is 9.64 Å². The van der Waals surface area contributed by atoms with E-state index in [-0.39, 0.29) is 40.9 Å². The maximum absolute atomic E-state index is 13.3. The molecule has 190 valence electrons. The van der Waals surface area contributed by atoms with Gasteiger partial charge in [0.15, 0.2) is 0 Å². The quantitative estimate of drug-likeness (QED) is 0.199. The van der Waals surface area contributed by atoms with Crippen LogP contribution in [0.1, 0.15) is 29.7 Å². The van der Waals surface area contributed by atoms with Crippen LogP contribution in [0.4, 0.5) is 5.69 Å². The Morgan fingerprint density at radius 1 is 1.03 bits per heavy atom. The van der Waals surface area contributed by atoms with E-state index in [1.54, 1.807) is 49.4 Å². The second-order valence-corrected chi connectivity index (χ2v) is 8.66. The summed E-state index contributed by atoms with van der Waals surface area (Å²) < 4.78 is 10.2. The van der Waals surface area contributed by atoms with Crippen LogP contribution in [0.15, 0.2) is 72.3 Å². The van der Waals surface area contributed by atoms with Gasteiger partial charge >= 0.3 is 5.97 Å². The average Bonchev–Trinajstić information content (AvgIpc) is 3.15. The number of hydrogen-bond donors (Lipinski definition) is 2. The summed E-state index contributed by atoms with van der Waals surface area (Å²) in [6.45, 7) is 1.99. The molecule has 9 heteroatoms. The Bertz CT molecular complexity index is 1380. The van der Waals surface area contributed by atoms with Gasteiger partial charge in [0.1, 0.15) is 17.3 Å². The molecule has 3 aromatic carbocycles. The van der Waals surface area contributed by atoms with Gasteiger partial charge in [-0.15, -0.1) is 0 Å². The lowest BCUT2D eigenvalue weighted by atomic mass is 9.95. The predicted octanol–water partition coefficient (Wildman–Crippen LogP) is 4.79. The lowest BCUT2D eigenvalue weighted by Gasteiger charge is -2.25. The highest BCUT2D eigenvalue weighted by Crippen LogP contribution is 2.43. The molecule has 4 rings (SSSR count). The molecule has 1 unspecified atom stereocenters. The van der Waals surface area contributed by atoms with Crippen molar-refractivity contribution >= 4 is 40.7 Å². The number of phenolic OH excluding ortho intramolecular Hbond substituents is 1. The highest BCUT2D eigenvalue weighted by molar-refractivity contribution is 6.52. The second-order valence-electron chi connectivity index (χ2n) is 8.25. The lowest BCUT2D eigenvalue weighted by Crippen LogP contribution is -2.29. The van der Waals surface area contributed by atoms with Crippen molar-refractivity contribution in [2.75, 3.05) is 18.6 Å². The topological polar surface area (TPSA) is 113 Å². The van der Waals surface area contributed by atoms with Crippen molar-refractivity contribution in [3.05, 3.63) is 94.0 Å². The zero-order valence-corrected chi connectivity index (χ0v) is 20.9. The van der Waals surface area contributed by atoms with Crippen LogP contribution >= 0.6 is 11.6 Å². The molecular weight excluding hydrogens is 498 g/mol. The van der Waals surface area contributed by atoms with Crippen molar-refractivity contribution in [1.29, 1.82) is 0 Å². The Morgan fingerprint density at radius 2 is 1.70 bits per heavy atom. The third kappa shape index (κ3) is 5.15. The van der Waals surface area contributed by atoms with Crippen LogP contribution in [-0.2, 0) is 25.5 Å². The highest BCUT2D eigenvalue weighted by Gasteiger charge is 2.47. The number of halogens is 1. The number of ether oxygens (including phenoxy) is 2. The molecule has 0 saturated carbocycles. The lowest BCUT2D eigenvalue weighted by molar-refractivity contribution is -0.142. The molecule has 0 aromatic heterocycles. The summed E-state index contributed by atoms with van der Waals surface area (Å²) in [7, 11) is 1.45. The first-order valence-electron chi connectivity index (χ1n) is 11.4. The predicted molar refractivity (Wildman–Crippen MR) is 138 cm³/mol. The van der Waals surface area contributed by atoms with Crippen LogP contribution in [0, 0.1) is 0 Å². The summed E-state index contributed by atoms with van der Waals surface area (Å²) in [6, 6.07) is 16.1. The fourth-order valence-electron chi connectivity index (χ4n) is 4.18. The van der Waals surface area contributed by atoms with E-state index in [0.29, 0.717) is 22.6 Å². The van der Waals surface area contributed by atoms with E-state index in [0.717, 1.165) is 0 Å². The highest BCUT2D eigenvalue weighted by atomic mass is 35.5. The largest absolute Gasteiger partial charge is 0.508 e. The number of rotatable bonds is 7. The number of ketones is 1. The molecular formula is C28H24ClNO7. The molecule has 1 heterocycles. The molecule has 1 aliphatic heterocycles. The van der Waals surface area contributed by atoms with Crippen LogP contribution in [0.2, 0.25) is 5.02 Å². The van der Waals surface area contributed by atoms with E-state index in [9.17, 15) is 24.6 Å². The van der Waals surface area contributed by atoms with Crippen LogP contribution in [0.5, 0.6) is 11.5 Å². The van der Waals surface area contributed by atoms with E-state index in [4.69, 9.17) is 21.1 Å². The average molecular weight is 522 g/mol.